The van der Waals surface area contributed by atoms with Crippen LogP contribution in [-0.4, -0.2) is 36.2 Å². The summed E-state index contributed by atoms with van der Waals surface area (Å²) in [5, 5.41) is 3.24. The van der Waals surface area contributed by atoms with Gasteiger partial charge in [0.1, 0.15) is 6.10 Å². The Labute approximate surface area is 112 Å². The molecule has 6 heteroatoms. The van der Waals surface area contributed by atoms with E-state index in [1.54, 1.807) is 0 Å². The summed E-state index contributed by atoms with van der Waals surface area (Å²) in [5.74, 6) is 0.121. The number of esters is 1. The summed E-state index contributed by atoms with van der Waals surface area (Å²) in [7, 11) is 1.36. The van der Waals surface area contributed by atoms with Crippen molar-refractivity contribution >= 4 is 5.97 Å². The molecule has 0 bridgehead atoms. The Balaban J connectivity index is 2.44. The summed E-state index contributed by atoms with van der Waals surface area (Å²) in [6.07, 6.45) is 0.504. The highest BCUT2D eigenvalue weighted by molar-refractivity contribution is 5.89. The summed E-state index contributed by atoms with van der Waals surface area (Å²) in [6, 6.07) is 0. The first-order chi connectivity index (χ1) is 9.17. The lowest BCUT2D eigenvalue weighted by Gasteiger charge is -2.20. The van der Waals surface area contributed by atoms with Crippen molar-refractivity contribution in [3.63, 3.8) is 0 Å². The van der Waals surface area contributed by atoms with E-state index in [0.717, 1.165) is 24.2 Å². The molecule has 0 saturated heterocycles. The Morgan fingerprint density at radius 2 is 2.26 bits per heavy atom. The fourth-order valence-electron chi connectivity index (χ4n) is 2.15. The van der Waals surface area contributed by atoms with E-state index in [9.17, 15) is 4.79 Å². The molecule has 104 valence electrons. The zero-order valence-electron chi connectivity index (χ0n) is 11.5. The highest BCUT2D eigenvalue weighted by Crippen LogP contribution is 2.20. The molecule has 1 aliphatic rings. The fraction of sp³-hybridized carbons (Fsp3) is 0.615. The summed E-state index contributed by atoms with van der Waals surface area (Å²) < 4.78 is 10.3. The molecule has 0 spiro atoms. The molecule has 6 nitrogen and oxygen atoms in total. The average Bonchev–Trinajstić information content (AvgIpc) is 2.45. The van der Waals surface area contributed by atoms with Crippen molar-refractivity contribution < 1.29 is 14.3 Å². The molecule has 0 amide bonds. The molecule has 2 rings (SSSR count). The number of hydrogen-bond acceptors (Lipinski definition) is 6. The zero-order valence-corrected chi connectivity index (χ0v) is 11.5. The van der Waals surface area contributed by atoms with E-state index in [-0.39, 0.29) is 6.10 Å². The molecule has 1 aromatic rings. The Bertz CT molecular complexity index is 476. The van der Waals surface area contributed by atoms with Gasteiger partial charge in [0, 0.05) is 18.7 Å². The van der Waals surface area contributed by atoms with Gasteiger partial charge in [-0.05, 0) is 26.8 Å². The molecule has 1 unspecified atom stereocenters. The van der Waals surface area contributed by atoms with Crippen LogP contribution in [0.5, 0.6) is 0 Å². The van der Waals surface area contributed by atoms with Crippen molar-refractivity contribution in [1.29, 1.82) is 0 Å². The predicted octanol–water partition coefficient (Wildman–Crippen LogP) is 1.01. The van der Waals surface area contributed by atoms with Gasteiger partial charge in [-0.1, -0.05) is 0 Å². The van der Waals surface area contributed by atoms with Gasteiger partial charge in [0.15, 0.2) is 11.5 Å². The molecular formula is C13H19N3O3. The lowest BCUT2D eigenvalue weighted by Crippen LogP contribution is -2.29. The van der Waals surface area contributed by atoms with Gasteiger partial charge in [-0.15, -0.1) is 0 Å². The third kappa shape index (κ3) is 2.90. The molecule has 1 aliphatic heterocycles. The van der Waals surface area contributed by atoms with E-state index in [4.69, 9.17) is 9.47 Å². The molecule has 19 heavy (non-hydrogen) atoms. The first-order valence-corrected chi connectivity index (χ1v) is 6.47. The predicted molar refractivity (Wildman–Crippen MR) is 68.8 cm³/mol. The maximum absolute atomic E-state index is 11.8. The highest BCUT2D eigenvalue weighted by atomic mass is 16.5. The van der Waals surface area contributed by atoms with Gasteiger partial charge in [0.2, 0.25) is 0 Å². The smallest absolute Gasteiger partial charge is 0.357 e. The lowest BCUT2D eigenvalue weighted by atomic mass is 10.0. The topological polar surface area (TPSA) is 73.3 Å². The SMILES string of the molecule is CCOC(C)c1nc2c(c(C(=O)OC)n1)CCNC2. The molecule has 0 fully saturated rings. The van der Waals surface area contributed by atoms with Gasteiger partial charge in [-0.25, -0.2) is 14.8 Å². The van der Waals surface area contributed by atoms with Gasteiger partial charge >= 0.3 is 5.97 Å². The van der Waals surface area contributed by atoms with Crippen molar-refractivity contribution in [2.45, 2.75) is 32.9 Å². The van der Waals surface area contributed by atoms with Gasteiger partial charge < -0.3 is 14.8 Å². The number of fused-ring (bicyclic) bond motifs is 1. The van der Waals surface area contributed by atoms with Crippen LogP contribution in [0.3, 0.4) is 0 Å². The van der Waals surface area contributed by atoms with Crippen LogP contribution in [0, 0.1) is 0 Å². The van der Waals surface area contributed by atoms with Crippen molar-refractivity contribution in [1.82, 2.24) is 15.3 Å². The van der Waals surface area contributed by atoms with Crippen LogP contribution in [0.2, 0.25) is 0 Å². The van der Waals surface area contributed by atoms with Crippen LogP contribution in [-0.2, 0) is 22.4 Å². The van der Waals surface area contributed by atoms with Gasteiger partial charge in [-0.3, -0.25) is 0 Å². The Kier molecular flexibility index (Phi) is 4.44. The Morgan fingerprint density at radius 3 is 2.95 bits per heavy atom. The van der Waals surface area contributed by atoms with Crippen LogP contribution >= 0.6 is 0 Å². The van der Waals surface area contributed by atoms with Crippen LogP contribution in [0.4, 0.5) is 0 Å². The first kappa shape index (κ1) is 13.9. The molecule has 1 aromatic heterocycles. The van der Waals surface area contributed by atoms with Crippen molar-refractivity contribution in [3.05, 3.63) is 22.8 Å². The highest BCUT2D eigenvalue weighted by Gasteiger charge is 2.24. The number of ether oxygens (including phenoxy) is 2. The molecule has 0 aromatic carbocycles. The summed E-state index contributed by atoms with van der Waals surface area (Å²) in [5.41, 5.74) is 2.12. The third-order valence-corrected chi connectivity index (χ3v) is 3.11. The second-order valence-corrected chi connectivity index (χ2v) is 4.37. The number of methoxy groups -OCH3 is 1. The van der Waals surface area contributed by atoms with Crippen molar-refractivity contribution in [3.8, 4) is 0 Å². The van der Waals surface area contributed by atoms with Crippen molar-refractivity contribution in [2.75, 3.05) is 20.3 Å². The van der Waals surface area contributed by atoms with Gasteiger partial charge in [0.25, 0.3) is 0 Å². The normalized spacial score (nSPS) is 15.7. The van der Waals surface area contributed by atoms with Crippen LogP contribution < -0.4 is 5.32 Å². The zero-order chi connectivity index (χ0) is 13.8. The number of carbonyl (C=O) groups is 1. The first-order valence-electron chi connectivity index (χ1n) is 6.47. The molecule has 0 aliphatic carbocycles. The number of nitrogens with one attached hydrogen (secondary N) is 1. The molecule has 0 radical (unpaired) electrons. The van der Waals surface area contributed by atoms with E-state index in [1.165, 1.54) is 7.11 Å². The second-order valence-electron chi connectivity index (χ2n) is 4.37. The standard InChI is InChI=1S/C13H19N3O3/c1-4-19-8(2)12-15-10-7-14-6-5-9(10)11(16-12)13(17)18-3/h8,14H,4-7H2,1-3H3. The third-order valence-electron chi connectivity index (χ3n) is 3.11. The molecule has 2 heterocycles. The average molecular weight is 265 g/mol. The monoisotopic (exact) mass is 265 g/mol. The lowest BCUT2D eigenvalue weighted by molar-refractivity contribution is 0.0580. The minimum Gasteiger partial charge on any atom is -0.464 e. The van der Waals surface area contributed by atoms with Crippen LogP contribution in [0.15, 0.2) is 0 Å². The second kappa shape index (κ2) is 6.08. The van der Waals surface area contributed by atoms with E-state index in [0.29, 0.717) is 24.7 Å². The number of nitrogens with zero attached hydrogens (tertiary/aromatic N) is 2. The summed E-state index contributed by atoms with van der Waals surface area (Å²) in [4.78, 5) is 20.7. The van der Waals surface area contributed by atoms with E-state index in [2.05, 4.69) is 15.3 Å². The van der Waals surface area contributed by atoms with Crippen molar-refractivity contribution in [2.24, 2.45) is 0 Å². The number of rotatable bonds is 4. The molecule has 0 saturated carbocycles. The quantitative estimate of drug-likeness (QED) is 0.819. The number of carbonyl (C=O) groups excluding carboxylic acids is 1. The molecule has 1 atom stereocenters. The maximum Gasteiger partial charge on any atom is 0.357 e. The minimum absolute atomic E-state index is 0.236. The van der Waals surface area contributed by atoms with Crippen LogP contribution in [0.1, 0.15) is 47.5 Å². The minimum atomic E-state index is -0.412. The number of aromatic nitrogens is 2. The fourth-order valence-corrected chi connectivity index (χ4v) is 2.15. The Hall–Kier alpha value is -1.53. The largest absolute Gasteiger partial charge is 0.464 e. The summed E-state index contributed by atoms with van der Waals surface area (Å²) >= 11 is 0. The van der Waals surface area contributed by atoms with Gasteiger partial charge in [0.05, 0.1) is 12.8 Å². The van der Waals surface area contributed by atoms with E-state index >= 15 is 0 Å². The molecular weight excluding hydrogens is 246 g/mol. The molecule has 1 N–H and O–H groups in total. The summed E-state index contributed by atoms with van der Waals surface area (Å²) in [6.45, 7) is 5.84. The van der Waals surface area contributed by atoms with Gasteiger partial charge in [-0.2, -0.15) is 0 Å². The van der Waals surface area contributed by atoms with E-state index < -0.39 is 5.97 Å². The number of hydrogen-bond donors (Lipinski definition) is 1. The van der Waals surface area contributed by atoms with E-state index in [1.807, 2.05) is 13.8 Å². The van der Waals surface area contributed by atoms with Crippen LogP contribution in [0.25, 0.3) is 0 Å². The maximum atomic E-state index is 11.8. The Morgan fingerprint density at radius 1 is 1.47 bits per heavy atom.